The van der Waals surface area contributed by atoms with Gasteiger partial charge in [0.15, 0.2) is 5.78 Å². The fourth-order valence-corrected chi connectivity index (χ4v) is 2.36. The molecule has 0 amide bonds. The van der Waals surface area contributed by atoms with Crippen LogP contribution < -0.4 is 4.90 Å². The SMILES string of the molecule is CC(=O)c1ccc(N2C[C@@H](C)O[C@H](C)C2)c(F)c1. The summed E-state index contributed by atoms with van der Waals surface area (Å²) in [6.45, 7) is 6.73. The highest BCUT2D eigenvalue weighted by atomic mass is 19.1. The fourth-order valence-electron chi connectivity index (χ4n) is 2.36. The van der Waals surface area contributed by atoms with Crippen LogP contribution >= 0.6 is 0 Å². The first kappa shape index (κ1) is 13.0. The first-order chi connectivity index (χ1) is 8.47. The Morgan fingerprint density at radius 1 is 1.33 bits per heavy atom. The van der Waals surface area contributed by atoms with Gasteiger partial charge in [0.1, 0.15) is 5.82 Å². The molecular weight excluding hydrogens is 233 g/mol. The third kappa shape index (κ3) is 2.70. The summed E-state index contributed by atoms with van der Waals surface area (Å²) in [4.78, 5) is 13.2. The van der Waals surface area contributed by atoms with Gasteiger partial charge in [-0.15, -0.1) is 0 Å². The molecule has 1 aromatic carbocycles. The number of benzene rings is 1. The first-order valence-corrected chi connectivity index (χ1v) is 6.18. The van der Waals surface area contributed by atoms with E-state index in [9.17, 15) is 9.18 Å². The quantitative estimate of drug-likeness (QED) is 0.757. The van der Waals surface area contributed by atoms with Crippen molar-refractivity contribution in [1.29, 1.82) is 0 Å². The van der Waals surface area contributed by atoms with Crippen LogP contribution in [0.15, 0.2) is 18.2 Å². The van der Waals surface area contributed by atoms with Crippen LogP contribution in [0.25, 0.3) is 0 Å². The highest BCUT2D eigenvalue weighted by molar-refractivity contribution is 5.94. The van der Waals surface area contributed by atoms with Gasteiger partial charge in [0.2, 0.25) is 0 Å². The van der Waals surface area contributed by atoms with E-state index >= 15 is 0 Å². The number of morpholine rings is 1. The molecule has 3 nitrogen and oxygen atoms in total. The molecule has 0 saturated carbocycles. The second kappa shape index (κ2) is 5.06. The molecule has 0 radical (unpaired) electrons. The van der Waals surface area contributed by atoms with Crippen molar-refractivity contribution in [2.24, 2.45) is 0 Å². The number of halogens is 1. The number of Topliss-reactive ketones (excluding diaryl/α,β-unsaturated/α-hetero) is 1. The van der Waals surface area contributed by atoms with Crippen molar-refractivity contribution in [2.45, 2.75) is 33.0 Å². The molecule has 1 aromatic rings. The van der Waals surface area contributed by atoms with Gasteiger partial charge in [-0.3, -0.25) is 4.79 Å². The smallest absolute Gasteiger partial charge is 0.159 e. The summed E-state index contributed by atoms with van der Waals surface area (Å²) < 4.78 is 19.6. The lowest BCUT2D eigenvalue weighted by Crippen LogP contribution is -2.45. The van der Waals surface area contributed by atoms with E-state index in [1.165, 1.54) is 13.0 Å². The van der Waals surface area contributed by atoms with E-state index in [1.54, 1.807) is 12.1 Å². The van der Waals surface area contributed by atoms with Crippen molar-refractivity contribution in [3.05, 3.63) is 29.6 Å². The molecule has 0 aromatic heterocycles. The fraction of sp³-hybridized carbons (Fsp3) is 0.500. The second-order valence-corrected chi connectivity index (χ2v) is 4.88. The van der Waals surface area contributed by atoms with Crippen LogP contribution in [0.4, 0.5) is 10.1 Å². The molecule has 1 heterocycles. The van der Waals surface area contributed by atoms with Gasteiger partial charge in [0, 0.05) is 18.7 Å². The van der Waals surface area contributed by atoms with Crippen molar-refractivity contribution < 1.29 is 13.9 Å². The lowest BCUT2D eigenvalue weighted by atomic mass is 10.1. The first-order valence-electron chi connectivity index (χ1n) is 6.18. The van der Waals surface area contributed by atoms with E-state index in [-0.39, 0.29) is 23.8 Å². The Bertz CT molecular complexity index is 451. The standard InChI is InChI=1S/C14H18FNO2/c1-9-7-16(8-10(2)18-9)14-5-4-12(11(3)17)6-13(14)15/h4-6,9-10H,7-8H2,1-3H3/t9-,10-/m1/s1. The van der Waals surface area contributed by atoms with Gasteiger partial charge in [-0.1, -0.05) is 0 Å². The van der Waals surface area contributed by atoms with Crippen molar-refractivity contribution in [2.75, 3.05) is 18.0 Å². The van der Waals surface area contributed by atoms with Crippen LogP contribution in [0.2, 0.25) is 0 Å². The zero-order valence-corrected chi connectivity index (χ0v) is 10.9. The van der Waals surface area contributed by atoms with Crippen LogP contribution in [0.1, 0.15) is 31.1 Å². The molecule has 18 heavy (non-hydrogen) atoms. The topological polar surface area (TPSA) is 29.5 Å². The summed E-state index contributed by atoms with van der Waals surface area (Å²) in [6, 6.07) is 4.66. The Hall–Kier alpha value is -1.42. The average molecular weight is 251 g/mol. The van der Waals surface area contributed by atoms with Gasteiger partial charge in [-0.2, -0.15) is 0 Å². The number of hydrogen-bond donors (Lipinski definition) is 0. The maximum Gasteiger partial charge on any atom is 0.159 e. The van der Waals surface area contributed by atoms with Gasteiger partial charge in [-0.05, 0) is 39.0 Å². The molecular formula is C14H18FNO2. The molecule has 98 valence electrons. The van der Waals surface area contributed by atoms with Crippen molar-refractivity contribution in [3.63, 3.8) is 0 Å². The largest absolute Gasteiger partial charge is 0.372 e. The monoisotopic (exact) mass is 251 g/mol. The summed E-state index contributed by atoms with van der Waals surface area (Å²) in [6.07, 6.45) is 0.168. The minimum atomic E-state index is -0.344. The maximum absolute atomic E-state index is 14.0. The van der Waals surface area contributed by atoms with E-state index in [1.807, 2.05) is 18.7 Å². The zero-order valence-electron chi connectivity index (χ0n) is 10.9. The van der Waals surface area contributed by atoms with Crippen molar-refractivity contribution >= 4 is 11.5 Å². The normalized spacial score (nSPS) is 24.1. The summed E-state index contributed by atoms with van der Waals surface area (Å²) in [5.41, 5.74) is 0.951. The van der Waals surface area contributed by atoms with E-state index < -0.39 is 0 Å². The van der Waals surface area contributed by atoms with Gasteiger partial charge in [0.25, 0.3) is 0 Å². The van der Waals surface area contributed by atoms with Crippen LogP contribution in [0.5, 0.6) is 0 Å². The molecule has 1 aliphatic heterocycles. The summed E-state index contributed by atoms with van der Waals surface area (Å²) in [7, 11) is 0. The van der Waals surface area contributed by atoms with Crippen LogP contribution in [-0.4, -0.2) is 31.1 Å². The lowest BCUT2D eigenvalue weighted by Gasteiger charge is -2.37. The van der Waals surface area contributed by atoms with Gasteiger partial charge in [0.05, 0.1) is 17.9 Å². The summed E-state index contributed by atoms with van der Waals surface area (Å²) in [5, 5.41) is 0. The van der Waals surface area contributed by atoms with Crippen molar-refractivity contribution in [3.8, 4) is 0 Å². The summed E-state index contributed by atoms with van der Waals surface area (Å²) in [5.74, 6) is -0.465. The number of anilines is 1. The molecule has 0 aliphatic carbocycles. The number of nitrogens with zero attached hydrogens (tertiary/aromatic N) is 1. The molecule has 2 atom stereocenters. The highest BCUT2D eigenvalue weighted by Gasteiger charge is 2.24. The van der Waals surface area contributed by atoms with Crippen LogP contribution in [0.3, 0.4) is 0 Å². The zero-order chi connectivity index (χ0) is 13.3. The Morgan fingerprint density at radius 2 is 1.94 bits per heavy atom. The number of hydrogen-bond acceptors (Lipinski definition) is 3. The number of ketones is 1. The number of carbonyl (C=O) groups excluding carboxylic acids is 1. The van der Waals surface area contributed by atoms with Crippen molar-refractivity contribution in [1.82, 2.24) is 0 Å². The van der Waals surface area contributed by atoms with Gasteiger partial charge >= 0.3 is 0 Å². The van der Waals surface area contributed by atoms with E-state index in [0.29, 0.717) is 24.3 Å². The molecule has 4 heteroatoms. The highest BCUT2D eigenvalue weighted by Crippen LogP contribution is 2.24. The van der Waals surface area contributed by atoms with E-state index in [2.05, 4.69) is 0 Å². The minimum absolute atomic E-state index is 0.0839. The van der Waals surface area contributed by atoms with Crippen LogP contribution in [0, 0.1) is 5.82 Å². The molecule has 0 unspecified atom stereocenters. The average Bonchev–Trinajstić information content (AvgIpc) is 2.27. The Balaban J connectivity index is 2.25. The molecule has 1 saturated heterocycles. The Kier molecular flexibility index (Phi) is 3.66. The third-order valence-corrected chi connectivity index (χ3v) is 3.11. The molecule has 1 aliphatic rings. The molecule has 1 fully saturated rings. The summed E-state index contributed by atoms with van der Waals surface area (Å²) >= 11 is 0. The predicted octanol–water partition coefficient (Wildman–Crippen LogP) is 2.64. The third-order valence-electron chi connectivity index (χ3n) is 3.11. The number of carbonyl (C=O) groups is 1. The van der Waals surface area contributed by atoms with Crippen LogP contribution in [-0.2, 0) is 4.74 Å². The van der Waals surface area contributed by atoms with Gasteiger partial charge in [-0.25, -0.2) is 4.39 Å². The molecule has 0 spiro atoms. The van der Waals surface area contributed by atoms with E-state index in [4.69, 9.17) is 4.74 Å². The number of ether oxygens (including phenoxy) is 1. The van der Waals surface area contributed by atoms with E-state index in [0.717, 1.165) is 0 Å². The molecule has 2 rings (SSSR count). The Labute approximate surface area is 107 Å². The minimum Gasteiger partial charge on any atom is -0.372 e. The predicted molar refractivity (Wildman–Crippen MR) is 68.6 cm³/mol. The number of rotatable bonds is 2. The maximum atomic E-state index is 14.0. The lowest BCUT2D eigenvalue weighted by molar-refractivity contribution is -0.00539. The van der Waals surface area contributed by atoms with Gasteiger partial charge < -0.3 is 9.64 Å². The second-order valence-electron chi connectivity index (χ2n) is 4.88. The molecule has 0 bridgehead atoms. The molecule has 0 N–H and O–H groups in total. The Morgan fingerprint density at radius 3 is 2.44 bits per heavy atom.